The molecule has 0 radical (unpaired) electrons. The molecule has 0 amide bonds. The van der Waals surface area contributed by atoms with E-state index in [0.717, 1.165) is 11.3 Å². The highest BCUT2D eigenvalue weighted by Crippen LogP contribution is 2.18. The summed E-state index contributed by atoms with van der Waals surface area (Å²) in [6.45, 7) is 2.69. The molecule has 3 N–H and O–H groups in total. The lowest BCUT2D eigenvalue weighted by Gasteiger charge is -2.25. The normalized spacial score (nSPS) is 14.3. The largest absolute Gasteiger partial charge is 0.380 e. The first-order chi connectivity index (χ1) is 8.08. The second-order valence-corrected chi connectivity index (χ2v) is 4.54. The lowest BCUT2D eigenvalue weighted by atomic mass is 9.93. The van der Waals surface area contributed by atoms with Gasteiger partial charge in [-0.25, -0.2) is 0 Å². The van der Waals surface area contributed by atoms with E-state index >= 15 is 0 Å². The fourth-order valence-corrected chi connectivity index (χ4v) is 1.72. The average molecular weight is 230 g/mol. The second-order valence-electron chi connectivity index (χ2n) is 4.54. The Morgan fingerprint density at radius 1 is 1.35 bits per heavy atom. The summed E-state index contributed by atoms with van der Waals surface area (Å²) in [7, 11) is 1.89. The molecule has 1 atom stereocenters. The minimum absolute atomic E-state index is 0.392. The molecule has 17 heavy (non-hydrogen) atoms. The maximum Gasteiger partial charge on any atom is 0.0727 e. The third-order valence-corrected chi connectivity index (χ3v) is 2.80. The van der Waals surface area contributed by atoms with E-state index in [1.54, 1.807) is 10.9 Å². The summed E-state index contributed by atoms with van der Waals surface area (Å²) in [5.41, 5.74) is 8.02. The van der Waals surface area contributed by atoms with Crippen LogP contribution in [0.1, 0.15) is 12.5 Å². The highest BCUT2D eigenvalue weighted by Gasteiger charge is 2.20. The maximum atomic E-state index is 6.30. The molecule has 0 aliphatic carbocycles. The quantitative estimate of drug-likeness (QED) is 0.840. The molecule has 1 aromatic heterocycles. The molecule has 4 heteroatoms. The lowest BCUT2D eigenvalue weighted by Crippen LogP contribution is -2.40. The van der Waals surface area contributed by atoms with E-state index in [2.05, 4.69) is 10.4 Å². The molecule has 0 aliphatic heterocycles. The SMILES string of the molecule is Cn1cc(NCC(C)(N)c2ccccc2)cn1. The highest BCUT2D eigenvalue weighted by atomic mass is 15.3. The van der Waals surface area contributed by atoms with Gasteiger partial charge in [0.25, 0.3) is 0 Å². The third-order valence-electron chi connectivity index (χ3n) is 2.80. The zero-order chi connectivity index (χ0) is 12.3. The number of nitrogens with two attached hydrogens (primary N) is 1. The first-order valence-corrected chi connectivity index (χ1v) is 5.65. The number of hydrogen-bond donors (Lipinski definition) is 2. The zero-order valence-electron chi connectivity index (χ0n) is 10.2. The van der Waals surface area contributed by atoms with E-state index in [1.807, 2.05) is 50.5 Å². The Bertz CT molecular complexity index is 473. The standard InChI is InChI=1S/C13H18N4/c1-13(14,11-6-4-3-5-7-11)10-15-12-8-16-17(2)9-12/h3-9,15H,10,14H2,1-2H3. The summed E-state index contributed by atoms with van der Waals surface area (Å²) in [6.07, 6.45) is 3.72. The Labute approximate surface area is 101 Å². The van der Waals surface area contributed by atoms with Gasteiger partial charge in [0.2, 0.25) is 0 Å². The van der Waals surface area contributed by atoms with Crippen LogP contribution in [0.15, 0.2) is 42.7 Å². The van der Waals surface area contributed by atoms with E-state index in [-0.39, 0.29) is 0 Å². The van der Waals surface area contributed by atoms with Crippen LogP contribution in [0.2, 0.25) is 0 Å². The Morgan fingerprint density at radius 2 is 2.06 bits per heavy atom. The number of anilines is 1. The van der Waals surface area contributed by atoms with Crippen molar-refractivity contribution in [3.8, 4) is 0 Å². The van der Waals surface area contributed by atoms with Gasteiger partial charge in [-0.3, -0.25) is 4.68 Å². The van der Waals surface area contributed by atoms with E-state index < -0.39 is 5.54 Å². The van der Waals surface area contributed by atoms with Crippen LogP contribution in [0, 0.1) is 0 Å². The number of hydrogen-bond acceptors (Lipinski definition) is 3. The van der Waals surface area contributed by atoms with Crippen LogP contribution in [0.4, 0.5) is 5.69 Å². The minimum atomic E-state index is -0.392. The van der Waals surface area contributed by atoms with Crippen molar-refractivity contribution < 1.29 is 0 Å². The molecule has 0 saturated heterocycles. The molecule has 0 fully saturated rings. The van der Waals surface area contributed by atoms with Crippen molar-refractivity contribution in [2.24, 2.45) is 12.8 Å². The number of benzene rings is 1. The molecule has 2 rings (SSSR count). The minimum Gasteiger partial charge on any atom is -0.380 e. The molecular formula is C13H18N4. The van der Waals surface area contributed by atoms with Gasteiger partial charge in [0.05, 0.1) is 17.4 Å². The van der Waals surface area contributed by atoms with Crippen LogP contribution < -0.4 is 11.1 Å². The van der Waals surface area contributed by atoms with Crippen LogP contribution in [0.25, 0.3) is 0 Å². The Morgan fingerprint density at radius 3 is 2.65 bits per heavy atom. The topological polar surface area (TPSA) is 55.9 Å². The molecule has 2 aromatic rings. The number of nitrogens with zero attached hydrogens (tertiary/aromatic N) is 2. The van der Waals surface area contributed by atoms with Gasteiger partial charge in [-0.05, 0) is 12.5 Å². The van der Waals surface area contributed by atoms with E-state index in [0.29, 0.717) is 6.54 Å². The first-order valence-electron chi connectivity index (χ1n) is 5.65. The van der Waals surface area contributed by atoms with E-state index in [9.17, 15) is 0 Å². The van der Waals surface area contributed by atoms with Gasteiger partial charge >= 0.3 is 0 Å². The summed E-state index contributed by atoms with van der Waals surface area (Å²) >= 11 is 0. The van der Waals surface area contributed by atoms with Gasteiger partial charge in [0.15, 0.2) is 0 Å². The molecule has 1 unspecified atom stereocenters. The van der Waals surface area contributed by atoms with Crippen molar-refractivity contribution in [3.63, 3.8) is 0 Å². The molecule has 0 aliphatic rings. The van der Waals surface area contributed by atoms with Gasteiger partial charge in [-0.15, -0.1) is 0 Å². The maximum absolute atomic E-state index is 6.30. The monoisotopic (exact) mass is 230 g/mol. The molecule has 0 saturated carbocycles. The van der Waals surface area contributed by atoms with Crippen molar-refractivity contribution in [2.45, 2.75) is 12.5 Å². The molecule has 4 nitrogen and oxygen atoms in total. The van der Waals surface area contributed by atoms with Gasteiger partial charge < -0.3 is 11.1 Å². The number of rotatable bonds is 4. The van der Waals surface area contributed by atoms with Crippen LogP contribution in [0.5, 0.6) is 0 Å². The highest BCUT2D eigenvalue weighted by molar-refractivity contribution is 5.39. The Hall–Kier alpha value is -1.81. The van der Waals surface area contributed by atoms with Gasteiger partial charge in [-0.2, -0.15) is 5.10 Å². The van der Waals surface area contributed by atoms with Crippen LogP contribution in [-0.4, -0.2) is 16.3 Å². The van der Waals surface area contributed by atoms with Crippen molar-refractivity contribution in [1.82, 2.24) is 9.78 Å². The summed E-state index contributed by atoms with van der Waals surface area (Å²) in [5.74, 6) is 0. The number of nitrogens with one attached hydrogen (secondary N) is 1. The fraction of sp³-hybridized carbons (Fsp3) is 0.308. The molecule has 0 bridgehead atoms. The lowest BCUT2D eigenvalue weighted by molar-refractivity contribution is 0.524. The zero-order valence-corrected chi connectivity index (χ0v) is 10.2. The van der Waals surface area contributed by atoms with Crippen molar-refractivity contribution in [1.29, 1.82) is 0 Å². The van der Waals surface area contributed by atoms with Crippen molar-refractivity contribution in [2.75, 3.05) is 11.9 Å². The summed E-state index contributed by atoms with van der Waals surface area (Å²) in [5, 5.41) is 7.40. The molecular weight excluding hydrogens is 212 g/mol. The van der Waals surface area contributed by atoms with E-state index in [4.69, 9.17) is 5.73 Å². The molecule has 1 aromatic carbocycles. The van der Waals surface area contributed by atoms with Gasteiger partial charge in [0.1, 0.15) is 0 Å². The Balaban J connectivity index is 2.03. The van der Waals surface area contributed by atoms with Crippen molar-refractivity contribution in [3.05, 3.63) is 48.3 Å². The fourth-order valence-electron chi connectivity index (χ4n) is 1.72. The molecule has 1 heterocycles. The Kier molecular flexibility index (Phi) is 3.15. The number of aromatic nitrogens is 2. The van der Waals surface area contributed by atoms with Gasteiger partial charge in [0, 0.05) is 19.8 Å². The number of aryl methyl sites for hydroxylation is 1. The van der Waals surface area contributed by atoms with Crippen LogP contribution in [-0.2, 0) is 12.6 Å². The predicted molar refractivity (Wildman–Crippen MR) is 69.7 cm³/mol. The first kappa shape index (κ1) is 11.7. The van der Waals surface area contributed by atoms with Crippen molar-refractivity contribution >= 4 is 5.69 Å². The summed E-state index contributed by atoms with van der Waals surface area (Å²) in [6, 6.07) is 10.1. The van der Waals surface area contributed by atoms with Gasteiger partial charge in [-0.1, -0.05) is 30.3 Å². The molecule has 0 spiro atoms. The van der Waals surface area contributed by atoms with E-state index in [1.165, 1.54) is 0 Å². The smallest absolute Gasteiger partial charge is 0.0727 e. The average Bonchev–Trinajstić information content (AvgIpc) is 2.74. The predicted octanol–water partition coefficient (Wildman–Crippen LogP) is 1.71. The molecule has 90 valence electrons. The summed E-state index contributed by atoms with van der Waals surface area (Å²) in [4.78, 5) is 0. The van der Waals surface area contributed by atoms with Crippen LogP contribution in [0.3, 0.4) is 0 Å². The van der Waals surface area contributed by atoms with Crippen LogP contribution >= 0.6 is 0 Å². The third kappa shape index (κ3) is 2.85. The second kappa shape index (κ2) is 4.59. The summed E-state index contributed by atoms with van der Waals surface area (Å²) < 4.78 is 1.76.